The molecule has 2 saturated heterocycles. The van der Waals surface area contributed by atoms with Gasteiger partial charge in [0, 0.05) is 32.3 Å². The van der Waals surface area contributed by atoms with Crippen LogP contribution < -0.4 is 0 Å². The second-order valence-electron chi connectivity index (χ2n) is 7.53. The second kappa shape index (κ2) is 8.30. The van der Waals surface area contributed by atoms with Crippen LogP contribution in [0.5, 0.6) is 0 Å². The van der Waals surface area contributed by atoms with Gasteiger partial charge in [-0.3, -0.25) is 4.98 Å². The lowest BCUT2D eigenvalue weighted by Crippen LogP contribution is -2.44. The van der Waals surface area contributed by atoms with Crippen molar-refractivity contribution in [1.29, 1.82) is 0 Å². The first-order chi connectivity index (χ1) is 12.8. The molecule has 1 spiro atoms. The molecule has 4 nitrogen and oxygen atoms in total. The van der Waals surface area contributed by atoms with Crippen LogP contribution in [-0.4, -0.2) is 47.8 Å². The molecule has 0 amide bonds. The summed E-state index contributed by atoms with van der Waals surface area (Å²) in [6, 6.07) is 16.7. The molecule has 2 fully saturated rings. The first-order valence-corrected chi connectivity index (χ1v) is 9.73. The van der Waals surface area contributed by atoms with Gasteiger partial charge in [-0.05, 0) is 37.0 Å². The van der Waals surface area contributed by atoms with E-state index in [1.807, 2.05) is 24.4 Å². The van der Waals surface area contributed by atoms with E-state index in [4.69, 9.17) is 9.47 Å². The number of likely N-dealkylation sites (tertiary alicyclic amines) is 1. The zero-order chi connectivity index (χ0) is 17.7. The van der Waals surface area contributed by atoms with Gasteiger partial charge in [-0.25, -0.2) is 0 Å². The minimum atomic E-state index is 0.0397. The lowest BCUT2D eigenvalue weighted by molar-refractivity contribution is -0.0453. The Balaban J connectivity index is 1.20. The highest BCUT2D eigenvalue weighted by molar-refractivity contribution is 5.15. The molecule has 2 aromatic rings. The highest BCUT2D eigenvalue weighted by Gasteiger charge is 2.43. The van der Waals surface area contributed by atoms with Crippen LogP contribution >= 0.6 is 0 Å². The quantitative estimate of drug-likeness (QED) is 0.797. The van der Waals surface area contributed by atoms with Crippen molar-refractivity contribution < 1.29 is 9.47 Å². The van der Waals surface area contributed by atoms with Crippen LogP contribution in [0.25, 0.3) is 0 Å². The molecule has 2 aliphatic rings. The molecule has 1 aromatic carbocycles. The van der Waals surface area contributed by atoms with E-state index in [9.17, 15) is 0 Å². The van der Waals surface area contributed by atoms with Crippen LogP contribution in [0, 0.1) is 0 Å². The maximum Gasteiger partial charge on any atom is 0.0892 e. The van der Waals surface area contributed by atoms with Crippen LogP contribution in [0.3, 0.4) is 0 Å². The van der Waals surface area contributed by atoms with E-state index in [1.165, 1.54) is 5.56 Å². The summed E-state index contributed by atoms with van der Waals surface area (Å²) in [7, 11) is 0. The first kappa shape index (κ1) is 17.7. The number of hydrogen-bond acceptors (Lipinski definition) is 4. The minimum absolute atomic E-state index is 0.0397. The van der Waals surface area contributed by atoms with Gasteiger partial charge in [-0.15, -0.1) is 0 Å². The predicted octanol–water partition coefficient (Wildman–Crippen LogP) is 3.46. The summed E-state index contributed by atoms with van der Waals surface area (Å²) in [6.45, 7) is 4.68. The monoisotopic (exact) mass is 352 g/mol. The average molecular weight is 352 g/mol. The summed E-state index contributed by atoms with van der Waals surface area (Å²) >= 11 is 0. The number of piperidine rings is 1. The molecule has 1 unspecified atom stereocenters. The molecule has 0 saturated carbocycles. The summed E-state index contributed by atoms with van der Waals surface area (Å²) in [4.78, 5) is 6.90. The molecule has 2 aliphatic heterocycles. The number of hydrogen-bond donors (Lipinski definition) is 0. The Labute approximate surface area is 156 Å². The molecule has 3 heterocycles. The summed E-state index contributed by atoms with van der Waals surface area (Å²) in [5.74, 6) is 0. The third kappa shape index (κ3) is 4.50. The van der Waals surface area contributed by atoms with Crippen LogP contribution in [0.1, 0.15) is 30.5 Å². The third-order valence-electron chi connectivity index (χ3n) is 5.69. The van der Waals surface area contributed by atoms with Gasteiger partial charge < -0.3 is 14.4 Å². The molecule has 4 heteroatoms. The molecule has 4 rings (SSSR count). The largest absolute Gasteiger partial charge is 0.372 e. The van der Waals surface area contributed by atoms with E-state index in [1.54, 1.807) is 0 Å². The Bertz CT molecular complexity index is 669. The number of rotatable bonds is 6. The lowest BCUT2D eigenvalue weighted by atomic mass is 9.88. The molecule has 26 heavy (non-hydrogen) atoms. The second-order valence-corrected chi connectivity index (χ2v) is 7.53. The zero-order valence-corrected chi connectivity index (χ0v) is 15.3. The highest BCUT2D eigenvalue weighted by atomic mass is 16.6. The SMILES string of the molecule is c1ccc(CCN2CCC3(CC2)CC(OCc2ccccn2)CO3)cc1. The smallest absolute Gasteiger partial charge is 0.0892 e. The molecule has 1 atom stereocenters. The zero-order valence-electron chi connectivity index (χ0n) is 15.3. The molecule has 0 bridgehead atoms. The maximum atomic E-state index is 6.22. The van der Waals surface area contributed by atoms with E-state index in [0.29, 0.717) is 6.61 Å². The predicted molar refractivity (Wildman–Crippen MR) is 102 cm³/mol. The number of nitrogens with zero attached hydrogens (tertiary/aromatic N) is 2. The van der Waals surface area contributed by atoms with Gasteiger partial charge in [-0.1, -0.05) is 36.4 Å². The van der Waals surface area contributed by atoms with Crippen molar-refractivity contribution in [3.05, 3.63) is 66.0 Å². The minimum Gasteiger partial charge on any atom is -0.372 e. The van der Waals surface area contributed by atoms with Gasteiger partial charge in [-0.2, -0.15) is 0 Å². The van der Waals surface area contributed by atoms with Crippen LogP contribution in [-0.2, 0) is 22.5 Å². The van der Waals surface area contributed by atoms with Crippen molar-refractivity contribution in [3.63, 3.8) is 0 Å². The number of ether oxygens (including phenoxy) is 2. The molecular weight excluding hydrogens is 324 g/mol. The third-order valence-corrected chi connectivity index (χ3v) is 5.69. The summed E-state index contributed by atoms with van der Waals surface area (Å²) < 4.78 is 12.3. The topological polar surface area (TPSA) is 34.6 Å². The molecule has 0 N–H and O–H groups in total. The fraction of sp³-hybridized carbons (Fsp3) is 0.500. The van der Waals surface area contributed by atoms with Gasteiger partial charge >= 0.3 is 0 Å². The molecular formula is C22H28N2O2. The van der Waals surface area contributed by atoms with Gasteiger partial charge in [0.05, 0.1) is 30.6 Å². The molecule has 0 aliphatic carbocycles. The van der Waals surface area contributed by atoms with E-state index in [-0.39, 0.29) is 11.7 Å². The lowest BCUT2D eigenvalue weighted by Gasteiger charge is -2.38. The van der Waals surface area contributed by atoms with Gasteiger partial charge in [0.25, 0.3) is 0 Å². The van der Waals surface area contributed by atoms with E-state index in [0.717, 1.165) is 57.6 Å². The molecule has 0 radical (unpaired) electrons. The Morgan fingerprint density at radius 2 is 1.88 bits per heavy atom. The number of aromatic nitrogens is 1. The Hall–Kier alpha value is -1.75. The molecule has 138 valence electrons. The van der Waals surface area contributed by atoms with Crippen molar-refractivity contribution in [2.45, 2.75) is 44.0 Å². The fourth-order valence-electron chi connectivity index (χ4n) is 4.06. The average Bonchev–Trinajstić information content (AvgIpc) is 3.10. The fourth-order valence-corrected chi connectivity index (χ4v) is 4.06. The Kier molecular flexibility index (Phi) is 5.63. The number of pyridine rings is 1. The summed E-state index contributed by atoms with van der Waals surface area (Å²) in [6.07, 6.45) is 6.40. The van der Waals surface area contributed by atoms with E-state index in [2.05, 4.69) is 40.2 Å². The van der Waals surface area contributed by atoms with E-state index >= 15 is 0 Å². The first-order valence-electron chi connectivity index (χ1n) is 9.73. The summed E-state index contributed by atoms with van der Waals surface area (Å²) in [5, 5.41) is 0. The van der Waals surface area contributed by atoms with Crippen LogP contribution in [0.15, 0.2) is 54.7 Å². The van der Waals surface area contributed by atoms with Crippen molar-refractivity contribution in [2.24, 2.45) is 0 Å². The Morgan fingerprint density at radius 3 is 2.65 bits per heavy atom. The van der Waals surface area contributed by atoms with Gasteiger partial charge in [0.2, 0.25) is 0 Å². The van der Waals surface area contributed by atoms with Crippen LogP contribution in [0.4, 0.5) is 0 Å². The van der Waals surface area contributed by atoms with Crippen molar-refractivity contribution in [3.8, 4) is 0 Å². The normalized spacial score (nSPS) is 22.7. The Morgan fingerprint density at radius 1 is 1.08 bits per heavy atom. The standard InChI is InChI=1S/C22H28N2O2/c1-2-6-19(7-3-1)9-13-24-14-10-22(11-15-24)16-21(18-26-22)25-17-20-8-4-5-12-23-20/h1-8,12,21H,9-11,13-18H2. The van der Waals surface area contributed by atoms with E-state index < -0.39 is 0 Å². The van der Waals surface area contributed by atoms with Crippen LogP contribution in [0.2, 0.25) is 0 Å². The molecule has 1 aromatic heterocycles. The summed E-state index contributed by atoms with van der Waals surface area (Å²) in [5.41, 5.74) is 2.45. The maximum absolute atomic E-state index is 6.22. The van der Waals surface area contributed by atoms with Gasteiger partial charge in [0.15, 0.2) is 0 Å². The van der Waals surface area contributed by atoms with Crippen molar-refractivity contribution >= 4 is 0 Å². The van der Waals surface area contributed by atoms with Crippen molar-refractivity contribution in [2.75, 3.05) is 26.2 Å². The highest BCUT2D eigenvalue weighted by Crippen LogP contribution is 2.37. The van der Waals surface area contributed by atoms with Gasteiger partial charge in [0.1, 0.15) is 0 Å². The number of benzene rings is 1. The van der Waals surface area contributed by atoms with Crippen molar-refractivity contribution in [1.82, 2.24) is 9.88 Å².